The number of aryl methyl sites for hydroxylation is 1. The number of hydrogen-bond donors (Lipinski definition) is 1. The molecule has 2 saturated carbocycles. The summed E-state index contributed by atoms with van der Waals surface area (Å²) in [6.45, 7) is 8.41. The molecule has 4 nitrogen and oxygen atoms in total. The molecule has 0 heterocycles. The fraction of sp³-hybridized carbons (Fsp3) is 0.583. The van der Waals surface area contributed by atoms with Gasteiger partial charge in [-0.05, 0) is 66.9 Å². The Morgan fingerprint density at radius 1 is 1.25 bits per heavy atom. The van der Waals surface area contributed by atoms with Crippen LogP contribution in [0.2, 0.25) is 0 Å². The summed E-state index contributed by atoms with van der Waals surface area (Å²) < 4.78 is 5.81. The molecule has 0 amide bonds. The summed E-state index contributed by atoms with van der Waals surface area (Å²) in [7, 11) is 0. The SMILES string of the molecule is C=C1[C@H]2C[C@@H]([C@@H](C)C(=O)O)CC[C@@]2(C)CC[C@H]1OC(=O)CCc1ccccc1. The number of esters is 1. The second kappa shape index (κ2) is 8.50. The van der Waals surface area contributed by atoms with Gasteiger partial charge >= 0.3 is 11.9 Å². The van der Waals surface area contributed by atoms with E-state index in [9.17, 15) is 14.7 Å². The first-order chi connectivity index (χ1) is 13.3. The van der Waals surface area contributed by atoms with Crippen LogP contribution in [0.3, 0.4) is 0 Å². The van der Waals surface area contributed by atoms with Crippen molar-refractivity contribution in [2.45, 2.75) is 64.9 Å². The Balaban J connectivity index is 1.59. The molecule has 5 atom stereocenters. The maximum absolute atomic E-state index is 12.4. The van der Waals surface area contributed by atoms with E-state index in [1.165, 1.54) is 0 Å². The first-order valence-electron chi connectivity index (χ1n) is 10.4. The maximum Gasteiger partial charge on any atom is 0.306 e. The number of aliphatic carboxylic acids is 1. The highest BCUT2D eigenvalue weighted by atomic mass is 16.5. The molecule has 152 valence electrons. The molecule has 0 aliphatic heterocycles. The minimum Gasteiger partial charge on any atom is -0.481 e. The van der Waals surface area contributed by atoms with Crippen LogP contribution in [-0.4, -0.2) is 23.1 Å². The number of carbonyl (C=O) groups excluding carboxylic acids is 1. The van der Waals surface area contributed by atoms with Crippen LogP contribution < -0.4 is 0 Å². The third-order valence-electron chi connectivity index (χ3n) is 7.14. The molecule has 28 heavy (non-hydrogen) atoms. The van der Waals surface area contributed by atoms with E-state index in [2.05, 4.69) is 13.5 Å². The monoisotopic (exact) mass is 384 g/mol. The normalized spacial score (nSPS) is 30.9. The van der Waals surface area contributed by atoms with Gasteiger partial charge in [0.15, 0.2) is 0 Å². The lowest BCUT2D eigenvalue weighted by atomic mass is 9.55. The summed E-state index contributed by atoms with van der Waals surface area (Å²) in [5, 5.41) is 9.39. The number of ether oxygens (including phenoxy) is 1. The van der Waals surface area contributed by atoms with Crippen LogP contribution in [0.15, 0.2) is 42.5 Å². The molecule has 0 saturated heterocycles. The first kappa shape index (κ1) is 20.6. The molecule has 0 bridgehead atoms. The van der Waals surface area contributed by atoms with E-state index in [-0.39, 0.29) is 35.2 Å². The zero-order valence-corrected chi connectivity index (χ0v) is 17.0. The molecule has 0 spiro atoms. The highest BCUT2D eigenvalue weighted by Gasteiger charge is 2.48. The second-order valence-electron chi connectivity index (χ2n) is 8.95. The van der Waals surface area contributed by atoms with E-state index in [1.807, 2.05) is 37.3 Å². The minimum atomic E-state index is -0.723. The summed E-state index contributed by atoms with van der Waals surface area (Å²) in [6, 6.07) is 9.95. The maximum atomic E-state index is 12.4. The fourth-order valence-electron chi connectivity index (χ4n) is 5.06. The molecule has 0 aromatic heterocycles. The van der Waals surface area contributed by atoms with E-state index < -0.39 is 5.97 Å². The van der Waals surface area contributed by atoms with Crippen molar-refractivity contribution in [3.63, 3.8) is 0 Å². The van der Waals surface area contributed by atoms with Gasteiger partial charge in [-0.3, -0.25) is 9.59 Å². The number of carboxylic acid groups (broad SMARTS) is 1. The summed E-state index contributed by atoms with van der Waals surface area (Å²) >= 11 is 0. The molecule has 0 radical (unpaired) electrons. The summed E-state index contributed by atoms with van der Waals surface area (Å²) in [6.07, 6.45) is 5.44. The van der Waals surface area contributed by atoms with Crippen molar-refractivity contribution in [3.8, 4) is 0 Å². The van der Waals surface area contributed by atoms with Gasteiger partial charge in [0, 0.05) is 6.42 Å². The van der Waals surface area contributed by atoms with Crippen LogP contribution in [-0.2, 0) is 20.7 Å². The van der Waals surface area contributed by atoms with Gasteiger partial charge in [-0.15, -0.1) is 0 Å². The number of fused-ring (bicyclic) bond motifs is 1. The first-order valence-corrected chi connectivity index (χ1v) is 10.4. The number of carboxylic acids is 1. The van der Waals surface area contributed by atoms with Gasteiger partial charge < -0.3 is 9.84 Å². The van der Waals surface area contributed by atoms with E-state index in [0.717, 1.165) is 43.2 Å². The Morgan fingerprint density at radius 2 is 1.93 bits per heavy atom. The number of carbonyl (C=O) groups is 2. The number of rotatable bonds is 6. The molecule has 2 fully saturated rings. The summed E-state index contributed by atoms with van der Waals surface area (Å²) in [5.41, 5.74) is 2.27. The molecule has 3 rings (SSSR count). The third-order valence-corrected chi connectivity index (χ3v) is 7.14. The quantitative estimate of drug-likeness (QED) is 0.552. The Labute approximate surface area is 168 Å². The number of hydrogen-bond acceptors (Lipinski definition) is 3. The Hall–Kier alpha value is -2.10. The Kier molecular flexibility index (Phi) is 6.26. The van der Waals surface area contributed by atoms with Gasteiger partial charge in [0.1, 0.15) is 6.10 Å². The van der Waals surface area contributed by atoms with Gasteiger partial charge in [0.25, 0.3) is 0 Å². The molecule has 1 N–H and O–H groups in total. The van der Waals surface area contributed by atoms with E-state index in [4.69, 9.17) is 4.74 Å². The molecule has 4 heteroatoms. The average Bonchev–Trinajstić information content (AvgIpc) is 2.69. The smallest absolute Gasteiger partial charge is 0.306 e. The lowest BCUT2D eigenvalue weighted by Gasteiger charge is -2.51. The Bertz CT molecular complexity index is 725. The zero-order valence-electron chi connectivity index (χ0n) is 17.0. The average molecular weight is 385 g/mol. The van der Waals surface area contributed by atoms with Crippen LogP contribution >= 0.6 is 0 Å². The lowest BCUT2D eigenvalue weighted by molar-refractivity contribution is -0.150. The van der Waals surface area contributed by atoms with E-state index in [0.29, 0.717) is 12.8 Å². The highest BCUT2D eigenvalue weighted by Crippen LogP contribution is 2.55. The molecular formula is C24H32O4. The topological polar surface area (TPSA) is 63.6 Å². The van der Waals surface area contributed by atoms with Crippen molar-refractivity contribution in [2.75, 3.05) is 0 Å². The van der Waals surface area contributed by atoms with Gasteiger partial charge in [-0.25, -0.2) is 0 Å². The fourth-order valence-corrected chi connectivity index (χ4v) is 5.06. The van der Waals surface area contributed by atoms with Crippen LogP contribution in [0, 0.1) is 23.2 Å². The van der Waals surface area contributed by atoms with Crippen LogP contribution in [0.25, 0.3) is 0 Å². The van der Waals surface area contributed by atoms with E-state index in [1.54, 1.807) is 0 Å². The van der Waals surface area contributed by atoms with Crippen molar-refractivity contribution >= 4 is 11.9 Å². The van der Waals surface area contributed by atoms with Crippen molar-refractivity contribution in [3.05, 3.63) is 48.0 Å². The molecular weight excluding hydrogens is 352 g/mol. The summed E-state index contributed by atoms with van der Waals surface area (Å²) in [5.74, 6) is -0.844. The van der Waals surface area contributed by atoms with Gasteiger partial charge in [0.05, 0.1) is 5.92 Å². The largest absolute Gasteiger partial charge is 0.481 e. The van der Waals surface area contributed by atoms with Crippen molar-refractivity contribution < 1.29 is 19.4 Å². The predicted octanol–water partition coefficient (Wildman–Crippen LogP) is 5.02. The molecule has 2 aliphatic rings. The van der Waals surface area contributed by atoms with E-state index >= 15 is 0 Å². The summed E-state index contributed by atoms with van der Waals surface area (Å²) in [4.78, 5) is 23.8. The van der Waals surface area contributed by atoms with Crippen LogP contribution in [0.1, 0.15) is 57.9 Å². The standard InChI is InChI=1S/C24H32O4/c1-16(23(26)27)19-11-13-24(3)14-12-21(17(2)20(24)15-19)28-22(25)10-9-18-7-5-4-6-8-18/h4-8,16,19-21H,2,9-15H2,1,3H3,(H,26,27)/t16-,19+,20-,21-,24+/m1/s1. The lowest BCUT2D eigenvalue weighted by Crippen LogP contribution is -2.45. The molecule has 1 aromatic carbocycles. The van der Waals surface area contributed by atoms with Gasteiger partial charge in [-0.2, -0.15) is 0 Å². The molecule has 1 aromatic rings. The van der Waals surface area contributed by atoms with Crippen LogP contribution in [0.4, 0.5) is 0 Å². The van der Waals surface area contributed by atoms with Crippen LogP contribution in [0.5, 0.6) is 0 Å². The molecule has 2 aliphatic carbocycles. The second-order valence-corrected chi connectivity index (χ2v) is 8.95. The van der Waals surface area contributed by atoms with Crippen molar-refractivity contribution in [1.29, 1.82) is 0 Å². The zero-order chi connectivity index (χ0) is 20.3. The molecule has 0 unspecified atom stereocenters. The predicted molar refractivity (Wildman–Crippen MR) is 109 cm³/mol. The van der Waals surface area contributed by atoms with Crippen molar-refractivity contribution in [1.82, 2.24) is 0 Å². The van der Waals surface area contributed by atoms with Crippen molar-refractivity contribution in [2.24, 2.45) is 23.2 Å². The minimum absolute atomic E-state index is 0.152. The Morgan fingerprint density at radius 3 is 2.61 bits per heavy atom. The third kappa shape index (κ3) is 4.48. The van der Waals surface area contributed by atoms with Gasteiger partial charge in [-0.1, -0.05) is 50.8 Å². The highest BCUT2D eigenvalue weighted by molar-refractivity contribution is 5.70. The number of benzene rings is 1. The van der Waals surface area contributed by atoms with Gasteiger partial charge in [0.2, 0.25) is 0 Å².